The van der Waals surface area contributed by atoms with Gasteiger partial charge in [0.1, 0.15) is 18.0 Å². The van der Waals surface area contributed by atoms with Crippen LogP contribution < -0.4 is 10.6 Å². The van der Waals surface area contributed by atoms with Gasteiger partial charge >= 0.3 is 6.09 Å². The van der Waals surface area contributed by atoms with Gasteiger partial charge in [-0.15, -0.1) is 0 Å². The van der Waals surface area contributed by atoms with Crippen LogP contribution in [0.15, 0.2) is 12.4 Å². The third-order valence-corrected chi connectivity index (χ3v) is 3.40. The van der Waals surface area contributed by atoms with Crippen molar-refractivity contribution in [2.75, 3.05) is 36.9 Å². The molecule has 21 heavy (non-hydrogen) atoms. The molecule has 7 nitrogen and oxygen atoms in total. The standard InChI is InChI=1S/C14H23N5O2/c1-3-15-12-9-13(17-10-16-12)18-11-5-7-19(8-6-11)14(20)21-4-2/h9-11H,3-8H2,1-2H3,(H2,15,16,17,18). The molecule has 0 atom stereocenters. The Hall–Kier alpha value is -2.05. The molecule has 2 heterocycles. The molecule has 0 bridgehead atoms. The molecule has 116 valence electrons. The largest absolute Gasteiger partial charge is 0.450 e. The Kier molecular flexibility index (Phi) is 5.59. The van der Waals surface area contributed by atoms with E-state index < -0.39 is 0 Å². The van der Waals surface area contributed by atoms with Crippen LogP contribution in [0, 0.1) is 0 Å². The van der Waals surface area contributed by atoms with Crippen LogP contribution in [-0.4, -0.2) is 53.2 Å². The molecule has 2 rings (SSSR count). The molecule has 7 heteroatoms. The van der Waals surface area contributed by atoms with Crippen LogP contribution in [0.1, 0.15) is 26.7 Å². The zero-order valence-electron chi connectivity index (χ0n) is 12.6. The van der Waals surface area contributed by atoms with E-state index in [4.69, 9.17) is 4.74 Å². The molecule has 0 spiro atoms. The van der Waals surface area contributed by atoms with Gasteiger partial charge in [-0.2, -0.15) is 0 Å². The minimum Gasteiger partial charge on any atom is -0.450 e. The number of nitrogens with one attached hydrogen (secondary N) is 2. The number of aromatic nitrogens is 2. The quantitative estimate of drug-likeness (QED) is 0.863. The summed E-state index contributed by atoms with van der Waals surface area (Å²) in [5, 5.41) is 6.56. The fourth-order valence-electron chi connectivity index (χ4n) is 2.34. The average Bonchev–Trinajstić information content (AvgIpc) is 2.49. The smallest absolute Gasteiger partial charge is 0.409 e. The van der Waals surface area contributed by atoms with Gasteiger partial charge in [0.15, 0.2) is 0 Å². The first-order chi connectivity index (χ1) is 10.2. The van der Waals surface area contributed by atoms with Gasteiger partial charge in [-0.3, -0.25) is 0 Å². The minimum absolute atomic E-state index is 0.215. The molecule has 1 aromatic rings. The van der Waals surface area contributed by atoms with Crippen LogP contribution in [0.25, 0.3) is 0 Å². The Morgan fingerprint density at radius 2 is 2.05 bits per heavy atom. The van der Waals surface area contributed by atoms with E-state index in [0.29, 0.717) is 25.7 Å². The summed E-state index contributed by atoms with van der Waals surface area (Å²) in [5.41, 5.74) is 0. The van der Waals surface area contributed by atoms with Gasteiger partial charge < -0.3 is 20.3 Å². The van der Waals surface area contributed by atoms with Crippen molar-refractivity contribution in [2.24, 2.45) is 0 Å². The maximum atomic E-state index is 11.6. The van der Waals surface area contributed by atoms with Gasteiger partial charge in [0.25, 0.3) is 0 Å². The van der Waals surface area contributed by atoms with Crippen molar-refractivity contribution in [1.29, 1.82) is 0 Å². The van der Waals surface area contributed by atoms with Gasteiger partial charge in [0, 0.05) is 31.7 Å². The summed E-state index contributed by atoms with van der Waals surface area (Å²) in [4.78, 5) is 21.8. The molecule has 1 aromatic heterocycles. The highest BCUT2D eigenvalue weighted by molar-refractivity contribution is 5.67. The first-order valence-corrected chi connectivity index (χ1v) is 7.47. The number of nitrogens with zero attached hydrogens (tertiary/aromatic N) is 3. The van der Waals surface area contributed by atoms with E-state index in [1.165, 1.54) is 0 Å². The number of piperidine rings is 1. The molecule has 2 N–H and O–H groups in total. The highest BCUT2D eigenvalue weighted by Crippen LogP contribution is 2.17. The summed E-state index contributed by atoms with van der Waals surface area (Å²) >= 11 is 0. The first-order valence-electron chi connectivity index (χ1n) is 7.47. The summed E-state index contributed by atoms with van der Waals surface area (Å²) in [6, 6.07) is 2.22. The number of anilines is 2. The van der Waals surface area contributed by atoms with Crippen LogP contribution in [0.5, 0.6) is 0 Å². The lowest BCUT2D eigenvalue weighted by Gasteiger charge is -2.31. The number of amides is 1. The van der Waals surface area contributed by atoms with Crippen molar-refractivity contribution in [3.05, 3.63) is 12.4 Å². The fourth-order valence-corrected chi connectivity index (χ4v) is 2.34. The highest BCUT2D eigenvalue weighted by atomic mass is 16.6. The zero-order valence-corrected chi connectivity index (χ0v) is 12.6. The Labute approximate surface area is 125 Å². The van der Waals surface area contributed by atoms with Gasteiger partial charge in [-0.1, -0.05) is 0 Å². The van der Waals surface area contributed by atoms with Crippen molar-refractivity contribution in [3.8, 4) is 0 Å². The maximum absolute atomic E-state index is 11.6. The third-order valence-electron chi connectivity index (χ3n) is 3.40. The SMILES string of the molecule is CCNc1cc(NC2CCN(C(=O)OCC)CC2)ncn1. The molecule has 1 saturated heterocycles. The normalized spacial score (nSPS) is 15.6. The summed E-state index contributed by atoms with van der Waals surface area (Å²) < 4.78 is 5.02. The summed E-state index contributed by atoms with van der Waals surface area (Å²) in [6.45, 7) is 6.52. The highest BCUT2D eigenvalue weighted by Gasteiger charge is 2.23. The van der Waals surface area contributed by atoms with Crippen LogP contribution in [0.3, 0.4) is 0 Å². The Morgan fingerprint density at radius 1 is 1.33 bits per heavy atom. The van der Waals surface area contributed by atoms with Crippen LogP contribution in [0.4, 0.5) is 16.4 Å². The van der Waals surface area contributed by atoms with Gasteiger partial charge in [-0.25, -0.2) is 14.8 Å². The lowest BCUT2D eigenvalue weighted by molar-refractivity contribution is 0.0983. The van der Waals surface area contributed by atoms with E-state index in [0.717, 1.165) is 31.0 Å². The molecule has 0 saturated carbocycles. The van der Waals surface area contributed by atoms with E-state index in [1.54, 1.807) is 11.2 Å². The molecule has 0 radical (unpaired) electrons. The number of ether oxygens (including phenoxy) is 1. The maximum Gasteiger partial charge on any atom is 0.409 e. The van der Waals surface area contributed by atoms with Gasteiger partial charge in [0.2, 0.25) is 0 Å². The zero-order chi connectivity index (χ0) is 15.1. The predicted octanol–water partition coefficient (Wildman–Crippen LogP) is 1.94. The number of hydrogen-bond acceptors (Lipinski definition) is 6. The van der Waals surface area contributed by atoms with E-state index >= 15 is 0 Å². The molecule has 0 aliphatic carbocycles. The minimum atomic E-state index is -0.215. The van der Waals surface area contributed by atoms with Crippen molar-refractivity contribution in [1.82, 2.24) is 14.9 Å². The van der Waals surface area contributed by atoms with Crippen LogP contribution in [-0.2, 0) is 4.74 Å². The monoisotopic (exact) mass is 293 g/mol. The second-order valence-electron chi connectivity index (χ2n) is 4.92. The summed E-state index contributed by atoms with van der Waals surface area (Å²) in [5.74, 6) is 1.63. The van der Waals surface area contributed by atoms with Crippen molar-refractivity contribution in [2.45, 2.75) is 32.7 Å². The topological polar surface area (TPSA) is 79.4 Å². The predicted molar refractivity (Wildman–Crippen MR) is 81.4 cm³/mol. The molecule has 1 amide bonds. The molecule has 1 aliphatic rings. The first kappa shape index (κ1) is 15.3. The Morgan fingerprint density at radius 3 is 2.71 bits per heavy atom. The number of carbonyl (C=O) groups is 1. The van der Waals surface area contributed by atoms with Crippen molar-refractivity contribution in [3.63, 3.8) is 0 Å². The average molecular weight is 293 g/mol. The molecule has 1 fully saturated rings. The molecular weight excluding hydrogens is 270 g/mol. The Balaban J connectivity index is 1.83. The summed E-state index contributed by atoms with van der Waals surface area (Å²) in [7, 11) is 0. The molecular formula is C14H23N5O2. The number of hydrogen-bond donors (Lipinski definition) is 2. The lowest BCUT2D eigenvalue weighted by atomic mass is 10.1. The van der Waals surface area contributed by atoms with Crippen molar-refractivity contribution >= 4 is 17.7 Å². The third kappa shape index (κ3) is 4.47. The van der Waals surface area contributed by atoms with Crippen molar-refractivity contribution < 1.29 is 9.53 Å². The number of rotatable bonds is 5. The van der Waals surface area contributed by atoms with Crippen LogP contribution in [0.2, 0.25) is 0 Å². The van der Waals surface area contributed by atoms with Gasteiger partial charge in [0.05, 0.1) is 6.61 Å². The summed E-state index contributed by atoms with van der Waals surface area (Å²) in [6.07, 6.45) is 3.11. The molecule has 0 unspecified atom stereocenters. The second-order valence-corrected chi connectivity index (χ2v) is 4.92. The Bertz CT molecular complexity index is 460. The van der Waals surface area contributed by atoms with E-state index in [9.17, 15) is 4.79 Å². The van der Waals surface area contributed by atoms with Gasteiger partial charge in [-0.05, 0) is 26.7 Å². The molecule has 1 aliphatic heterocycles. The fraction of sp³-hybridized carbons (Fsp3) is 0.643. The number of likely N-dealkylation sites (tertiary alicyclic amines) is 1. The molecule has 0 aromatic carbocycles. The van der Waals surface area contributed by atoms with Crippen LogP contribution >= 0.6 is 0 Å². The lowest BCUT2D eigenvalue weighted by Crippen LogP contribution is -2.42. The van der Waals surface area contributed by atoms with E-state index in [1.807, 2.05) is 19.9 Å². The number of carbonyl (C=O) groups excluding carboxylic acids is 1. The van der Waals surface area contributed by atoms with E-state index in [2.05, 4.69) is 20.6 Å². The van der Waals surface area contributed by atoms with E-state index in [-0.39, 0.29) is 6.09 Å². The second kappa shape index (κ2) is 7.66.